The molecule has 0 radical (unpaired) electrons. The highest BCUT2D eigenvalue weighted by atomic mass is 35.5. The van der Waals surface area contributed by atoms with Crippen molar-refractivity contribution < 1.29 is 9.52 Å². The van der Waals surface area contributed by atoms with Gasteiger partial charge in [-0.05, 0) is 24.3 Å². The third kappa shape index (κ3) is 3.58. The number of halogens is 2. The molecule has 0 bridgehead atoms. The van der Waals surface area contributed by atoms with Crippen LogP contribution in [0.3, 0.4) is 0 Å². The van der Waals surface area contributed by atoms with Crippen LogP contribution in [0.5, 0.6) is 0 Å². The van der Waals surface area contributed by atoms with Crippen LogP contribution in [0.2, 0.25) is 10.0 Å². The van der Waals surface area contributed by atoms with Gasteiger partial charge < -0.3 is 10.5 Å². The highest BCUT2D eigenvalue weighted by Crippen LogP contribution is 2.20. The summed E-state index contributed by atoms with van der Waals surface area (Å²) in [5.41, 5.74) is 1.05. The van der Waals surface area contributed by atoms with Crippen LogP contribution in [0, 0.1) is 5.21 Å². The molecule has 1 aromatic heterocycles. The largest absolute Gasteiger partial charge is 0.617 e. The van der Waals surface area contributed by atoms with Crippen LogP contribution in [-0.2, 0) is 6.42 Å². The molecular formula is C16H12Cl2N2O2S. The Balaban J connectivity index is 1.66. The second kappa shape index (κ2) is 6.74. The van der Waals surface area contributed by atoms with E-state index < -0.39 is 0 Å². The van der Waals surface area contributed by atoms with Crippen molar-refractivity contribution in [2.24, 2.45) is 0 Å². The van der Waals surface area contributed by atoms with E-state index in [0.717, 1.165) is 9.43 Å². The van der Waals surface area contributed by atoms with E-state index in [4.69, 9.17) is 23.2 Å². The minimum Gasteiger partial charge on any atom is -0.617 e. The number of nitrogens with zero attached hydrogens (tertiary/aromatic N) is 1. The number of aromatic nitrogens is 1. The van der Waals surface area contributed by atoms with Crippen LogP contribution in [-0.4, -0.2) is 12.5 Å². The van der Waals surface area contributed by atoms with Gasteiger partial charge in [-0.15, -0.1) is 0 Å². The van der Waals surface area contributed by atoms with Crippen molar-refractivity contribution in [2.45, 2.75) is 6.42 Å². The van der Waals surface area contributed by atoms with Gasteiger partial charge in [-0.1, -0.05) is 46.7 Å². The van der Waals surface area contributed by atoms with Gasteiger partial charge in [0.25, 0.3) is 10.9 Å². The number of hydrogen-bond donors (Lipinski definition) is 1. The Morgan fingerprint density at radius 3 is 2.57 bits per heavy atom. The lowest BCUT2D eigenvalue weighted by molar-refractivity contribution is -0.580. The number of benzene rings is 2. The van der Waals surface area contributed by atoms with E-state index in [9.17, 15) is 10.0 Å². The van der Waals surface area contributed by atoms with Crippen molar-refractivity contribution in [1.29, 1.82) is 0 Å². The Labute approximate surface area is 146 Å². The molecule has 0 saturated heterocycles. The number of fused-ring (bicyclic) bond motifs is 1. The maximum atomic E-state index is 12.1. The standard InChI is InChI=1S/C16H12Cl2N2O2S/c17-11-7-10(8-12(18)9-11)16(21)19-6-5-15-20(22)13-3-1-2-4-14(13)23-15/h1-4,7-9H,5-6H2,(H,19,21). The first-order valence-corrected chi connectivity index (χ1v) is 8.46. The van der Waals surface area contributed by atoms with Crippen LogP contribution in [0.25, 0.3) is 10.2 Å². The maximum Gasteiger partial charge on any atom is 0.251 e. The van der Waals surface area contributed by atoms with Gasteiger partial charge in [-0.3, -0.25) is 4.79 Å². The number of hydrogen-bond acceptors (Lipinski definition) is 3. The molecule has 3 rings (SSSR count). The van der Waals surface area contributed by atoms with E-state index in [1.807, 2.05) is 18.2 Å². The van der Waals surface area contributed by atoms with Crippen molar-refractivity contribution in [3.63, 3.8) is 0 Å². The Morgan fingerprint density at radius 2 is 1.87 bits per heavy atom. The maximum absolute atomic E-state index is 12.1. The van der Waals surface area contributed by atoms with Crippen LogP contribution in [0.15, 0.2) is 42.5 Å². The molecule has 118 valence electrons. The van der Waals surface area contributed by atoms with Crippen molar-refractivity contribution in [3.05, 3.63) is 68.3 Å². The van der Waals surface area contributed by atoms with E-state index in [-0.39, 0.29) is 5.91 Å². The van der Waals surface area contributed by atoms with Gasteiger partial charge in [0.05, 0.1) is 6.42 Å². The average Bonchev–Trinajstić information content (AvgIpc) is 2.83. The number of carbonyl (C=O) groups is 1. The average molecular weight is 367 g/mol. The molecule has 0 aliphatic carbocycles. The molecular weight excluding hydrogens is 355 g/mol. The van der Waals surface area contributed by atoms with Crippen molar-refractivity contribution in [1.82, 2.24) is 5.32 Å². The van der Waals surface area contributed by atoms with Gasteiger partial charge in [-0.25, -0.2) is 0 Å². The van der Waals surface area contributed by atoms with E-state index in [2.05, 4.69) is 5.32 Å². The van der Waals surface area contributed by atoms with E-state index in [1.54, 1.807) is 24.3 Å². The Morgan fingerprint density at radius 1 is 1.17 bits per heavy atom. The molecule has 2 aromatic carbocycles. The van der Waals surface area contributed by atoms with E-state index >= 15 is 0 Å². The summed E-state index contributed by atoms with van der Waals surface area (Å²) in [6.07, 6.45) is 0.461. The third-order valence-corrected chi connectivity index (χ3v) is 4.89. The molecule has 23 heavy (non-hydrogen) atoms. The fourth-order valence-electron chi connectivity index (χ4n) is 2.24. The summed E-state index contributed by atoms with van der Waals surface area (Å²) >= 11 is 13.2. The zero-order valence-electron chi connectivity index (χ0n) is 11.9. The molecule has 1 amide bonds. The van der Waals surface area contributed by atoms with Crippen LogP contribution >= 0.6 is 34.5 Å². The fraction of sp³-hybridized carbons (Fsp3) is 0.125. The second-order valence-electron chi connectivity index (χ2n) is 4.92. The molecule has 0 saturated carbocycles. The Kier molecular flexibility index (Phi) is 4.71. The van der Waals surface area contributed by atoms with Gasteiger partial charge in [0.15, 0.2) is 0 Å². The minimum atomic E-state index is -0.270. The summed E-state index contributed by atoms with van der Waals surface area (Å²) in [6.45, 7) is 0.359. The fourth-order valence-corrected chi connectivity index (χ4v) is 3.80. The smallest absolute Gasteiger partial charge is 0.251 e. The van der Waals surface area contributed by atoms with Crippen molar-refractivity contribution >= 4 is 50.7 Å². The van der Waals surface area contributed by atoms with Crippen LogP contribution < -0.4 is 10.0 Å². The molecule has 4 nitrogen and oxygen atoms in total. The topological polar surface area (TPSA) is 56.0 Å². The first-order valence-electron chi connectivity index (χ1n) is 6.89. The lowest BCUT2D eigenvalue weighted by atomic mass is 10.2. The summed E-state index contributed by atoms with van der Waals surface area (Å²) in [6, 6.07) is 12.1. The van der Waals surface area contributed by atoms with Crippen molar-refractivity contribution in [2.75, 3.05) is 6.54 Å². The summed E-state index contributed by atoms with van der Waals surface area (Å²) in [5, 5.41) is 16.4. The molecule has 0 spiro atoms. The predicted molar refractivity (Wildman–Crippen MR) is 93.3 cm³/mol. The number of rotatable bonds is 4. The third-order valence-electron chi connectivity index (χ3n) is 3.29. The summed E-state index contributed by atoms with van der Waals surface area (Å²) in [4.78, 5) is 12.1. The van der Waals surface area contributed by atoms with Gasteiger partial charge in [0, 0.05) is 28.2 Å². The molecule has 1 N–H and O–H groups in total. The van der Waals surface area contributed by atoms with Gasteiger partial charge in [0.1, 0.15) is 4.70 Å². The minimum absolute atomic E-state index is 0.270. The van der Waals surface area contributed by atoms with Gasteiger partial charge in [-0.2, -0.15) is 4.73 Å². The van der Waals surface area contributed by atoms with E-state index in [1.165, 1.54) is 11.3 Å². The highest BCUT2D eigenvalue weighted by molar-refractivity contribution is 7.18. The number of thiazole rings is 1. The lowest BCUT2D eigenvalue weighted by Gasteiger charge is -2.05. The summed E-state index contributed by atoms with van der Waals surface area (Å²) < 4.78 is 1.85. The Bertz CT molecular complexity index is 859. The zero-order valence-corrected chi connectivity index (χ0v) is 14.2. The number of amides is 1. The molecule has 0 aliphatic rings. The molecule has 0 aliphatic heterocycles. The Hall–Kier alpha value is -1.82. The van der Waals surface area contributed by atoms with Gasteiger partial charge >= 0.3 is 0 Å². The normalized spacial score (nSPS) is 10.9. The molecule has 0 unspecified atom stereocenters. The molecule has 3 aromatic rings. The van der Waals surface area contributed by atoms with Gasteiger partial charge in [0.2, 0.25) is 5.52 Å². The number of nitrogens with one attached hydrogen (secondary N) is 1. The van der Waals surface area contributed by atoms with Crippen LogP contribution in [0.1, 0.15) is 15.4 Å². The number of carbonyl (C=O) groups excluding carboxylic acids is 1. The summed E-state index contributed by atoms with van der Waals surface area (Å²) in [5.74, 6) is -0.270. The highest BCUT2D eigenvalue weighted by Gasteiger charge is 2.15. The molecule has 7 heteroatoms. The van der Waals surface area contributed by atoms with E-state index in [0.29, 0.717) is 39.1 Å². The quantitative estimate of drug-likeness (QED) is 0.563. The second-order valence-corrected chi connectivity index (χ2v) is 6.91. The van der Waals surface area contributed by atoms with Crippen molar-refractivity contribution in [3.8, 4) is 0 Å². The van der Waals surface area contributed by atoms with Crippen LogP contribution in [0.4, 0.5) is 0 Å². The zero-order chi connectivity index (χ0) is 16.4. The molecule has 0 atom stereocenters. The molecule has 0 fully saturated rings. The monoisotopic (exact) mass is 366 g/mol. The summed E-state index contributed by atoms with van der Waals surface area (Å²) in [7, 11) is 0. The predicted octanol–water partition coefficient (Wildman–Crippen LogP) is 3.81. The first-order chi connectivity index (χ1) is 11.0. The first kappa shape index (κ1) is 16.1. The number of para-hydroxylation sites is 1. The lowest BCUT2D eigenvalue weighted by Crippen LogP contribution is -2.32. The molecule has 1 heterocycles. The SMILES string of the molecule is O=C(NCCc1sc2ccccc2[n+]1[O-])c1cc(Cl)cc(Cl)c1.